The molecule has 2 unspecified atom stereocenters. The van der Waals surface area contributed by atoms with Gasteiger partial charge in [-0.25, -0.2) is 4.39 Å². The monoisotopic (exact) mass is 292 g/mol. The van der Waals surface area contributed by atoms with Gasteiger partial charge in [0, 0.05) is 26.2 Å². The maximum atomic E-state index is 12.9. The molecule has 1 amide bonds. The fourth-order valence-electron chi connectivity index (χ4n) is 3.08. The average Bonchev–Trinajstić information content (AvgIpc) is 2.98. The Morgan fingerprint density at radius 1 is 1.38 bits per heavy atom. The van der Waals surface area contributed by atoms with Gasteiger partial charge in [0.1, 0.15) is 11.9 Å². The third kappa shape index (κ3) is 3.60. The van der Waals surface area contributed by atoms with E-state index in [-0.39, 0.29) is 17.8 Å². The number of likely N-dealkylation sites (tertiary alicyclic amines) is 1. The van der Waals surface area contributed by atoms with Crippen LogP contribution in [0.1, 0.15) is 12.0 Å². The van der Waals surface area contributed by atoms with Crippen molar-refractivity contribution >= 4 is 5.91 Å². The molecule has 1 aromatic rings. The van der Waals surface area contributed by atoms with Gasteiger partial charge in [-0.3, -0.25) is 4.79 Å². The predicted octanol–water partition coefficient (Wildman–Crippen LogP) is 1.21. The van der Waals surface area contributed by atoms with Crippen LogP contribution in [0.2, 0.25) is 0 Å². The number of morpholine rings is 1. The van der Waals surface area contributed by atoms with Crippen LogP contribution in [-0.2, 0) is 16.0 Å². The molecule has 4 nitrogen and oxygen atoms in total. The zero-order valence-corrected chi connectivity index (χ0v) is 12.1. The molecule has 3 rings (SSSR count). The summed E-state index contributed by atoms with van der Waals surface area (Å²) in [7, 11) is 0. The van der Waals surface area contributed by atoms with E-state index in [9.17, 15) is 9.18 Å². The Morgan fingerprint density at radius 2 is 2.19 bits per heavy atom. The normalized spacial score (nSPS) is 26.0. The van der Waals surface area contributed by atoms with Crippen LogP contribution in [0.25, 0.3) is 0 Å². The molecule has 5 heteroatoms. The Balaban J connectivity index is 1.52. The lowest BCUT2D eigenvalue weighted by Crippen LogP contribution is -2.48. The molecule has 0 saturated carbocycles. The molecule has 1 aromatic carbocycles. The number of hydrogen-bond acceptors (Lipinski definition) is 3. The Kier molecular flexibility index (Phi) is 4.51. The Labute approximate surface area is 124 Å². The van der Waals surface area contributed by atoms with Crippen molar-refractivity contribution in [2.24, 2.45) is 5.92 Å². The highest BCUT2D eigenvalue weighted by Gasteiger charge is 2.32. The molecular formula is C16H21FN2O2. The van der Waals surface area contributed by atoms with Crippen molar-refractivity contribution in [1.82, 2.24) is 10.2 Å². The summed E-state index contributed by atoms with van der Waals surface area (Å²) in [5.74, 6) is 0.351. The van der Waals surface area contributed by atoms with Gasteiger partial charge in [0.25, 0.3) is 5.91 Å². The highest BCUT2D eigenvalue weighted by Crippen LogP contribution is 2.22. The van der Waals surface area contributed by atoms with Crippen LogP contribution in [-0.4, -0.2) is 49.7 Å². The maximum absolute atomic E-state index is 12.9. The number of benzene rings is 1. The average molecular weight is 292 g/mol. The molecule has 2 aliphatic heterocycles. The van der Waals surface area contributed by atoms with Gasteiger partial charge >= 0.3 is 0 Å². The van der Waals surface area contributed by atoms with Crippen molar-refractivity contribution < 1.29 is 13.9 Å². The number of halogens is 1. The standard InChI is InChI=1S/C16H21FN2O2/c17-14-3-1-12(2-4-14)9-13-5-7-19(11-13)16(20)15-10-18-6-8-21-15/h1-4,13,15,18H,5-11H2. The van der Waals surface area contributed by atoms with Crippen LogP contribution >= 0.6 is 0 Å². The van der Waals surface area contributed by atoms with Crippen LogP contribution in [0.3, 0.4) is 0 Å². The minimum Gasteiger partial charge on any atom is -0.366 e. The van der Waals surface area contributed by atoms with E-state index in [1.807, 2.05) is 17.0 Å². The summed E-state index contributed by atoms with van der Waals surface area (Å²) < 4.78 is 18.4. The van der Waals surface area contributed by atoms with E-state index < -0.39 is 0 Å². The number of nitrogens with zero attached hydrogens (tertiary/aromatic N) is 1. The molecule has 0 bridgehead atoms. The molecule has 2 aliphatic rings. The van der Waals surface area contributed by atoms with Gasteiger partial charge in [-0.05, 0) is 36.5 Å². The highest BCUT2D eigenvalue weighted by molar-refractivity contribution is 5.81. The molecule has 0 radical (unpaired) electrons. The summed E-state index contributed by atoms with van der Waals surface area (Å²) in [6.07, 6.45) is 1.57. The molecule has 2 fully saturated rings. The van der Waals surface area contributed by atoms with Crippen LogP contribution in [0, 0.1) is 11.7 Å². The quantitative estimate of drug-likeness (QED) is 0.910. The van der Waals surface area contributed by atoms with E-state index in [1.165, 1.54) is 12.1 Å². The van der Waals surface area contributed by atoms with Gasteiger partial charge in [-0.1, -0.05) is 12.1 Å². The fourth-order valence-corrected chi connectivity index (χ4v) is 3.08. The van der Waals surface area contributed by atoms with Crippen molar-refractivity contribution in [2.75, 3.05) is 32.8 Å². The number of ether oxygens (including phenoxy) is 1. The summed E-state index contributed by atoms with van der Waals surface area (Å²) in [5, 5.41) is 3.19. The first kappa shape index (κ1) is 14.5. The molecule has 0 aromatic heterocycles. The molecule has 1 N–H and O–H groups in total. The maximum Gasteiger partial charge on any atom is 0.253 e. The molecule has 0 spiro atoms. The zero-order chi connectivity index (χ0) is 14.7. The molecule has 2 saturated heterocycles. The number of amides is 1. The smallest absolute Gasteiger partial charge is 0.253 e. The van der Waals surface area contributed by atoms with Crippen molar-refractivity contribution in [1.29, 1.82) is 0 Å². The van der Waals surface area contributed by atoms with Crippen molar-refractivity contribution in [3.63, 3.8) is 0 Å². The van der Waals surface area contributed by atoms with E-state index in [2.05, 4.69) is 5.32 Å². The minimum absolute atomic E-state index is 0.101. The largest absolute Gasteiger partial charge is 0.366 e. The summed E-state index contributed by atoms with van der Waals surface area (Å²) in [6, 6.07) is 6.64. The third-order valence-corrected chi connectivity index (χ3v) is 4.24. The Morgan fingerprint density at radius 3 is 2.90 bits per heavy atom. The SMILES string of the molecule is O=C(C1CNCCO1)N1CCC(Cc2ccc(F)cc2)C1. The van der Waals surface area contributed by atoms with Gasteiger partial charge < -0.3 is 15.0 Å². The number of carbonyl (C=O) groups is 1. The van der Waals surface area contributed by atoms with Crippen LogP contribution in [0.5, 0.6) is 0 Å². The van der Waals surface area contributed by atoms with Crippen molar-refractivity contribution in [2.45, 2.75) is 18.9 Å². The fraction of sp³-hybridized carbons (Fsp3) is 0.562. The van der Waals surface area contributed by atoms with Crippen molar-refractivity contribution in [3.8, 4) is 0 Å². The first-order chi connectivity index (χ1) is 10.2. The minimum atomic E-state index is -0.330. The molecule has 2 atom stereocenters. The van der Waals surface area contributed by atoms with Gasteiger partial charge in [-0.2, -0.15) is 0 Å². The van der Waals surface area contributed by atoms with Crippen LogP contribution in [0.4, 0.5) is 4.39 Å². The lowest BCUT2D eigenvalue weighted by atomic mass is 9.99. The van der Waals surface area contributed by atoms with Crippen molar-refractivity contribution in [3.05, 3.63) is 35.6 Å². The number of nitrogens with one attached hydrogen (secondary N) is 1. The summed E-state index contributed by atoms with van der Waals surface area (Å²) >= 11 is 0. The molecule has 2 heterocycles. The van der Waals surface area contributed by atoms with Gasteiger partial charge in [0.05, 0.1) is 6.61 Å². The molecular weight excluding hydrogens is 271 g/mol. The lowest BCUT2D eigenvalue weighted by molar-refractivity contribution is -0.144. The highest BCUT2D eigenvalue weighted by atomic mass is 19.1. The van der Waals surface area contributed by atoms with E-state index >= 15 is 0 Å². The topological polar surface area (TPSA) is 41.6 Å². The number of rotatable bonds is 3. The van der Waals surface area contributed by atoms with Crippen LogP contribution < -0.4 is 5.32 Å². The lowest BCUT2D eigenvalue weighted by Gasteiger charge is -2.27. The van der Waals surface area contributed by atoms with E-state index in [1.54, 1.807) is 0 Å². The summed E-state index contributed by atoms with van der Waals surface area (Å²) in [4.78, 5) is 14.3. The van der Waals surface area contributed by atoms with Crippen LogP contribution in [0.15, 0.2) is 24.3 Å². The molecule has 21 heavy (non-hydrogen) atoms. The van der Waals surface area contributed by atoms with E-state index in [4.69, 9.17) is 4.74 Å². The third-order valence-electron chi connectivity index (χ3n) is 4.24. The first-order valence-electron chi connectivity index (χ1n) is 7.58. The molecule has 0 aliphatic carbocycles. The second kappa shape index (κ2) is 6.54. The second-order valence-electron chi connectivity index (χ2n) is 5.83. The van der Waals surface area contributed by atoms with Gasteiger partial charge in [-0.15, -0.1) is 0 Å². The van der Waals surface area contributed by atoms with E-state index in [0.717, 1.165) is 38.0 Å². The zero-order valence-electron chi connectivity index (χ0n) is 12.1. The first-order valence-corrected chi connectivity index (χ1v) is 7.58. The predicted molar refractivity (Wildman–Crippen MR) is 77.4 cm³/mol. The number of carbonyl (C=O) groups excluding carboxylic acids is 1. The summed E-state index contributed by atoms with van der Waals surface area (Å²) in [5.41, 5.74) is 1.13. The summed E-state index contributed by atoms with van der Waals surface area (Å²) in [6.45, 7) is 3.60. The van der Waals surface area contributed by atoms with Gasteiger partial charge in [0.15, 0.2) is 0 Å². The number of hydrogen-bond donors (Lipinski definition) is 1. The van der Waals surface area contributed by atoms with E-state index in [0.29, 0.717) is 19.1 Å². The Bertz CT molecular complexity index is 486. The van der Waals surface area contributed by atoms with Gasteiger partial charge in [0.2, 0.25) is 0 Å². The Hall–Kier alpha value is -1.46. The second-order valence-corrected chi connectivity index (χ2v) is 5.83. The molecule has 114 valence electrons.